The lowest BCUT2D eigenvalue weighted by Crippen LogP contribution is -2.28. The van der Waals surface area contributed by atoms with Crippen molar-refractivity contribution in [1.29, 1.82) is 0 Å². The summed E-state index contributed by atoms with van der Waals surface area (Å²) in [6.07, 6.45) is 3.64. The molecule has 8 heteroatoms. The van der Waals surface area contributed by atoms with Crippen LogP contribution in [0, 0.1) is 0 Å². The van der Waals surface area contributed by atoms with Crippen molar-refractivity contribution in [3.05, 3.63) is 30.5 Å². The average molecular weight is 326 g/mol. The van der Waals surface area contributed by atoms with Gasteiger partial charge in [0, 0.05) is 31.5 Å². The van der Waals surface area contributed by atoms with E-state index < -0.39 is 0 Å². The number of nitrogens with one attached hydrogen (secondary N) is 1. The first kappa shape index (κ1) is 14.8. The molecular weight excluding hydrogens is 308 g/mol. The Balaban J connectivity index is 1.67. The lowest BCUT2D eigenvalue weighted by molar-refractivity contribution is 0.0903. The topological polar surface area (TPSA) is 86.5 Å². The second kappa shape index (κ2) is 6.40. The lowest BCUT2D eigenvalue weighted by atomic mass is 10.1. The van der Waals surface area contributed by atoms with Crippen LogP contribution in [-0.4, -0.2) is 51.2 Å². The van der Waals surface area contributed by atoms with Gasteiger partial charge in [-0.25, -0.2) is 0 Å². The molecule has 0 bridgehead atoms. The summed E-state index contributed by atoms with van der Waals surface area (Å²) >= 11 is 0. The summed E-state index contributed by atoms with van der Waals surface area (Å²) in [7, 11) is 1.62. The maximum atomic E-state index is 5.39. The summed E-state index contributed by atoms with van der Waals surface area (Å²) in [6.45, 7) is 1.57. The van der Waals surface area contributed by atoms with E-state index in [4.69, 9.17) is 9.47 Å². The van der Waals surface area contributed by atoms with E-state index in [0.29, 0.717) is 29.0 Å². The quantitative estimate of drug-likeness (QED) is 0.782. The van der Waals surface area contributed by atoms with Crippen LogP contribution in [0.4, 0.5) is 5.82 Å². The smallest absolute Gasteiger partial charge is 0.203 e. The van der Waals surface area contributed by atoms with E-state index in [0.717, 1.165) is 31.9 Å². The van der Waals surface area contributed by atoms with Crippen molar-refractivity contribution in [2.24, 2.45) is 0 Å². The van der Waals surface area contributed by atoms with Gasteiger partial charge in [-0.2, -0.15) is 4.52 Å². The van der Waals surface area contributed by atoms with E-state index in [1.807, 2.05) is 18.2 Å². The van der Waals surface area contributed by atoms with Crippen LogP contribution in [0.2, 0.25) is 0 Å². The molecule has 1 aliphatic rings. The molecule has 24 heavy (non-hydrogen) atoms. The van der Waals surface area contributed by atoms with Gasteiger partial charge < -0.3 is 14.8 Å². The van der Waals surface area contributed by atoms with Crippen molar-refractivity contribution in [1.82, 2.24) is 24.8 Å². The van der Waals surface area contributed by atoms with Crippen LogP contribution < -0.4 is 10.1 Å². The molecule has 3 aromatic rings. The summed E-state index contributed by atoms with van der Waals surface area (Å²) in [5.41, 5.74) is 1.34. The lowest BCUT2D eigenvalue weighted by Gasteiger charge is -2.23. The zero-order valence-electron chi connectivity index (χ0n) is 13.3. The minimum atomic E-state index is 0.374. The Labute approximate surface area is 138 Å². The number of ether oxygens (including phenoxy) is 2. The number of anilines is 1. The first-order valence-electron chi connectivity index (χ1n) is 7.90. The van der Waals surface area contributed by atoms with E-state index in [1.165, 1.54) is 0 Å². The fourth-order valence-electron chi connectivity index (χ4n) is 2.74. The largest absolute Gasteiger partial charge is 0.497 e. The number of fused-ring (bicyclic) bond motifs is 1. The molecule has 0 aromatic carbocycles. The van der Waals surface area contributed by atoms with E-state index in [9.17, 15) is 0 Å². The highest BCUT2D eigenvalue weighted by atomic mass is 16.5. The molecule has 1 N–H and O–H groups in total. The second-order valence-electron chi connectivity index (χ2n) is 5.62. The fraction of sp³-hybridized carbons (Fsp3) is 0.375. The van der Waals surface area contributed by atoms with Crippen molar-refractivity contribution in [2.75, 3.05) is 25.6 Å². The molecule has 0 radical (unpaired) electrons. The Bertz CT molecular complexity index is 843. The van der Waals surface area contributed by atoms with Gasteiger partial charge in [0.25, 0.3) is 0 Å². The Morgan fingerprint density at radius 2 is 2.08 bits per heavy atom. The average Bonchev–Trinajstić information content (AvgIpc) is 3.06. The van der Waals surface area contributed by atoms with Crippen LogP contribution in [0.15, 0.2) is 30.5 Å². The van der Waals surface area contributed by atoms with Gasteiger partial charge in [0.15, 0.2) is 5.65 Å². The molecule has 1 fully saturated rings. The Morgan fingerprint density at radius 3 is 2.92 bits per heavy atom. The molecule has 0 saturated carbocycles. The molecule has 3 aromatic heterocycles. The number of aromatic nitrogens is 5. The molecule has 0 aliphatic carbocycles. The predicted molar refractivity (Wildman–Crippen MR) is 88.0 cm³/mol. The maximum absolute atomic E-state index is 5.39. The van der Waals surface area contributed by atoms with Gasteiger partial charge in [-0.3, -0.25) is 4.98 Å². The van der Waals surface area contributed by atoms with Crippen LogP contribution in [0.1, 0.15) is 12.8 Å². The number of hydrogen-bond donors (Lipinski definition) is 1. The van der Waals surface area contributed by atoms with E-state index in [-0.39, 0.29) is 0 Å². The second-order valence-corrected chi connectivity index (χ2v) is 5.62. The molecular formula is C16H18N6O2. The molecule has 0 atom stereocenters. The van der Waals surface area contributed by atoms with Gasteiger partial charge in [-0.15, -0.1) is 15.3 Å². The maximum Gasteiger partial charge on any atom is 0.203 e. The molecule has 4 rings (SSSR count). The Kier molecular flexibility index (Phi) is 3.96. The minimum absolute atomic E-state index is 0.374. The number of hydrogen-bond acceptors (Lipinski definition) is 7. The monoisotopic (exact) mass is 326 g/mol. The summed E-state index contributed by atoms with van der Waals surface area (Å²) in [6, 6.07) is 7.79. The molecule has 1 saturated heterocycles. The van der Waals surface area contributed by atoms with Crippen molar-refractivity contribution >= 4 is 11.5 Å². The van der Waals surface area contributed by atoms with Crippen LogP contribution in [-0.2, 0) is 4.74 Å². The zero-order valence-corrected chi connectivity index (χ0v) is 13.3. The molecule has 124 valence electrons. The standard InChI is InChI=1S/C16H18N6O2/c1-23-12-4-7-17-13(10-12)16-20-19-15-3-2-14(21-22(15)16)18-11-5-8-24-9-6-11/h2-4,7,10-11H,5-6,8-9H2,1H3,(H,18,21). The summed E-state index contributed by atoms with van der Waals surface area (Å²) < 4.78 is 12.3. The Hall–Kier alpha value is -2.74. The Morgan fingerprint density at radius 1 is 1.21 bits per heavy atom. The highest BCUT2D eigenvalue weighted by Gasteiger charge is 2.16. The third kappa shape index (κ3) is 2.88. The molecule has 0 spiro atoms. The van der Waals surface area contributed by atoms with Crippen molar-refractivity contribution in [2.45, 2.75) is 18.9 Å². The number of nitrogens with zero attached hydrogens (tertiary/aromatic N) is 5. The van der Waals surface area contributed by atoms with Crippen molar-refractivity contribution < 1.29 is 9.47 Å². The highest BCUT2D eigenvalue weighted by Crippen LogP contribution is 2.21. The van der Waals surface area contributed by atoms with Gasteiger partial charge in [-0.05, 0) is 31.0 Å². The third-order valence-electron chi connectivity index (χ3n) is 4.03. The summed E-state index contributed by atoms with van der Waals surface area (Å²) in [4.78, 5) is 4.35. The van der Waals surface area contributed by atoms with E-state index >= 15 is 0 Å². The minimum Gasteiger partial charge on any atom is -0.497 e. The molecule has 8 nitrogen and oxygen atoms in total. The van der Waals surface area contributed by atoms with E-state index in [2.05, 4.69) is 25.6 Å². The van der Waals surface area contributed by atoms with Crippen LogP contribution in [0.5, 0.6) is 5.75 Å². The van der Waals surface area contributed by atoms with Gasteiger partial charge >= 0.3 is 0 Å². The molecule has 1 aliphatic heterocycles. The number of rotatable bonds is 4. The van der Waals surface area contributed by atoms with Crippen molar-refractivity contribution in [3.63, 3.8) is 0 Å². The summed E-state index contributed by atoms with van der Waals surface area (Å²) in [5.74, 6) is 2.09. The van der Waals surface area contributed by atoms with Crippen molar-refractivity contribution in [3.8, 4) is 17.3 Å². The SMILES string of the molecule is COc1ccnc(-c2nnc3ccc(NC4CCOCC4)nn23)c1. The fourth-order valence-corrected chi connectivity index (χ4v) is 2.74. The molecule has 4 heterocycles. The zero-order chi connectivity index (χ0) is 16.4. The molecule has 0 unspecified atom stereocenters. The van der Waals surface area contributed by atoms with Gasteiger partial charge in [0.1, 0.15) is 17.3 Å². The number of methoxy groups -OCH3 is 1. The predicted octanol–water partition coefficient (Wildman–Crippen LogP) is 1.79. The van der Waals surface area contributed by atoms with Crippen LogP contribution >= 0.6 is 0 Å². The third-order valence-corrected chi connectivity index (χ3v) is 4.03. The van der Waals surface area contributed by atoms with Gasteiger partial charge in [0.2, 0.25) is 5.82 Å². The summed E-state index contributed by atoms with van der Waals surface area (Å²) in [5, 5.41) is 16.4. The normalized spacial score (nSPS) is 15.5. The first-order valence-corrected chi connectivity index (χ1v) is 7.90. The number of pyridine rings is 1. The van der Waals surface area contributed by atoms with E-state index in [1.54, 1.807) is 23.9 Å². The first-order chi connectivity index (χ1) is 11.8. The van der Waals surface area contributed by atoms with Crippen LogP contribution in [0.25, 0.3) is 17.2 Å². The van der Waals surface area contributed by atoms with Crippen LogP contribution in [0.3, 0.4) is 0 Å². The van der Waals surface area contributed by atoms with Gasteiger partial charge in [0.05, 0.1) is 7.11 Å². The highest BCUT2D eigenvalue weighted by molar-refractivity contribution is 5.57. The molecule has 0 amide bonds. The van der Waals surface area contributed by atoms with Gasteiger partial charge in [-0.1, -0.05) is 0 Å².